The minimum Gasteiger partial charge on any atom is -0.507 e. The topological polar surface area (TPSA) is 56.6 Å². The molecule has 0 saturated carbocycles. The molecule has 0 spiro atoms. The molecule has 31 heavy (non-hydrogen) atoms. The maximum atomic E-state index is 11.5. The van der Waals surface area contributed by atoms with Crippen LogP contribution in [0.15, 0.2) is 91.1 Å². The van der Waals surface area contributed by atoms with E-state index in [-0.39, 0.29) is 11.5 Å². The van der Waals surface area contributed by atoms with Crippen LogP contribution in [-0.2, 0) is 6.54 Å². The molecule has 0 bridgehead atoms. The lowest BCUT2D eigenvalue weighted by atomic mass is 9.90. The predicted octanol–water partition coefficient (Wildman–Crippen LogP) is 6.10. The van der Waals surface area contributed by atoms with E-state index in [1.54, 1.807) is 12.3 Å². The lowest BCUT2D eigenvalue weighted by Crippen LogP contribution is -2.17. The third-order valence-corrected chi connectivity index (χ3v) is 5.71. The Balaban J connectivity index is 1.76. The summed E-state index contributed by atoms with van der Waals surface area (Å²) in [6, 6.07) is 27.2. The second-order valence-corrected chi connectivity index (χ2v) is 7.71. The Labute approximate surface area is 180 Å². The zero-order valence-corrected chi connectivity index (χ0v) is 17.2. The van der Waals surface area contributed by atoms with Crippen LogP contribution in [0.5, 0.6) is 11.5 Å². The number of pyridine rings is 1. The van der Waals surface area contributed by atoms with Gasteiger partial charge in [-0.3, -0.25) is 0 Å². The van der Waals surface area contributed by atoms with Crippen LogP contribution < -0.4 is 4.90 Å². The van der Waals surface area contributed by atoms with E-state index in [0.29, 0.717) is 17.7 Å². The number of phenolic OH excluding ortho intramolecular Hbond substituents is 2. The first-order valence-corrected chi connectivity index (χ1v) is 10.2. The van der Waals surface area contributed by atoms with Gasteiger partial charge in [-0.2, -0.15) is 0 Å². The van der Waals surface area contributed by atoms with Gasteiger partial charge in [0.25, 0.3) is 0 Å². The number of hydrogen-bond donors (Lipinski definition) is 2. The fraction of sp³-hybridized carbons (Fsp3) is 0.0741. The molecule has 0 atom stereocenters. The molecular weight excluding hydrogens is 384 g/mol. The molecule has 2 N–H and O–H groups in total. The molecule has 152 valence electrons. The highest BCUT2D eigenvalue weighted by Crippen LogP contribution is 2.46. The number of phenols is 2. The molecule has 0 unspecified atom stereocenters. The molecule has 0 saturated heterocycles. The van der Waals surface area contributed by atoms with Crippen molar-refractivity contribution in [1.29, 1.82) is 0 Å². The van der Waals surface area contributed by atoms with Gasteiger partial charge in [0.05, 0.1) is 0 Å². The molecule has 4 aromatic carbocycles. The second kappa shape index (κ2) is 7.65. The molecule has 5 rings (SSSR count). The summed E-state index contributed by atoms with van der Waals surface area (Å²) >= 11 is 0. The largest absolute Gasteiger partial charge is 0.507 e. The van der Waals surface area contributed by atoms with Crippen LogP contribution in [-0.4, -0.2) is 22.2 Å². The van der Waals surface area contributed by atoms with Crippen molar-refractivity contribution in [1.82, 2.24) is 4.98 Å². The Morgan fingerprint density at radius 2 is 1.42 bits per heavy atom. The van der Waals surface area contributed by atoms with Crippen LogP contribution in [0.3, 0.4) is 0 Å². The van der Waals surface area contributed by atoms with E-state index < -0.39 is 0 Å². The smallest absolute Gasteiger partial charge is 0.129 e. The van der Waals surface area contributed by atoms with Gasteiger partial charge in [0.1, 0.15) is 17.3 Å². The van der Waals surface area contributed by atoms with E-state index in [1.807, 2.05) is 90.8 Å². The molecule has 1 heterocycles. The van der Waals surface area contributed by atoms with Crippen LogP contribution >= 0.6 is 0 Å². The maximum Gasteiger partial charge on any atom is 0.129 e. The maximum absolute atomic E-state index is 11.5. The van der Waals surface area contributed by atoms with Crippen molar-refractivity contribution >= 4 is 27.4 Å². The first-order chi connectivity index (χ1) is 15.1. The van der Waals surface area contributed by atoms with Gasteiger partial charge in [-0.15, -0.1) is 0 Å². The van der Waals surface area contributed by atoms with Crippen LogP contribution in [0.1, 0.15) is 5.56 Å². The number of rotatable bonds is 4. The molecule has 5 aromatic rings. The van der Waals surface area contributed by atoms with Crippen LogP contribution in [0.25, 0.3) is 32.7 Å². The predicted molar refractivity (Wildman–Crippen MR) is 127 cm³/mol. The minimum atomic E-state index is 0.148. The fourth-order valence-corrected chi connectivity index (χ4v) is 4.21. The summed E-state index contributed by atoms with van der Waals surface area (Å²) < 4.78 is 0. The molecule has 4 heteroatoms. The third kappa shape index (κ3) is 3.32. The van der Waals surface area contributed by atoms with Crippen molar-refractivity contribution in [3.8, 4) is 22.6 Å². The van der Waals surface area contributed by atoms with E-state index in [4.69, 9.17) is 0 Å². The quantitative estimate of drug-likeness (QED) is 0.378. The van der Waals surface area contributed by atoms with Crippen molar-refractivity contribution in [2.24, 2.45) is 0 Å². The van der Waals surface area contributed by atoms with Crippen molar-refractivity contribution in [2.45, 2.75) is 6.54 Å². The molecular formula is C27H22N2O2. The minimum absolute atomic E-state index is 0.148. The first-order valence-electron chi connectivity index (χ1n) is 10.2. The Hall–Kier alpha value is -4.05. The normalized spacial score (nSPS) is 11.1. The molecule has 0 aliphatic carbocycles. The number of aromatic nitrogens is 1. The van der Waals surface area contributed by atoms with E-state index >= 15 is 0 Å². The van der Waals surface area contributed by atoms with Gasteiger partial charge in [0, 0.05) is 36.5 Å². The fourth-order valence-electron chi connectivity index (χ4n) is 4.21. The average molecular weight is 406 g/mol. The van der Waals surface area contributed by atoms with Gasteiger partial charge < -0.3 is 15.1 Å². The zero-order chi connectivity index (χ0) is 21.4. The Morgan fingerprint density at radius 3 is 2.16 bits per heavy atom. The number of nitrogens with zero attached hydrogens (tertiary/aromatic N) is 2. The molecule has 0 aliphatic heterocycles. The Bertz CT molecular complexity index is 1400. The third-order valence-electron chi connectivity index (χ3n) is 5.71. The van der Waals surface area contributed by atoms with Gasteiger partial charge in [-0.05, 0) is 45.8 Å². The highest BCUT2D eigenvalue weighted by molar-refractivity contribution is 6.10. The standard InChI is InChI=1S/C27H22N2O2/c1-29(24-12-6-7-15-28-24)17-20-16-19-9-3-5-11-22(19)26(27(20)31)25-21-10-4-2-8-18(21)13-14-23(25)30/h2-16,30-31H,17H2,1H3. The van der Waals surface area contributed by atoms with Crippen molar-refractivity contribution in [3.05, 3.63) is 96.7 Å². The number of aromatic hydroxyl groups is 2. The lowest BCUT2D eigenvalue weighted by molar-refractivity contribution is 0.465. The number of benzene rings is 4. The summed E-state index contributed by atoms with van der Waals surface area (Å²) in [6.07, 6.45) is 1.76. The van der Waals surface area contributed by atoms with Crippen molar-refractivity contribution in [3.63, 3.8) is 0 Å². The summed E-state index contributed by atoms with van der Waals surface area (Å²) in [5.74, 6) is 1.15. The number of anilines is 1. The molecule has 0 radical (unpaired) electrons. The summed E-state index contributed by atoms with van der Waals surface area (Å²) in [7, 11) is 1.95. The first kappa shape index (κ1) is 18.9. The molecule has 0 amide bonds. The highest BCUT2D eigenvalue weighted by atomic mass is 16.3. The van der Waals surface area contributed by atoms with Gasteiger partial charge in [0.2, 0.25) is 0 Å². The summed E-state index contributed by atoms with van der Waals surface area (Å²) in [5.41, 5.74) is 2.07. The SMILES string of the molecule is CN(Cc1cc2ccccc2c(-c2c(O)ccc3ccccc23)c1O)c1ccccn1. The Kier molecular flexibility index (Phi) is 4.68. The molecule has 1 aromatic heterocycles. The van der Waals surface area contributed by atoms with E-state index in [1.165, 1.54) is 0 Å². The van der Waals surface area contributed by atoms with E-state index in [9.17, 15) is 10.2 Å². The monoisotopic (exact) mass is 406 g/mol. The van der Waals surface area contributed by atoms with Gasteiger partial charge in [0.15, 0.2) is 0 Å². The summed E-state index contributed by atoms with van der Waals surface area (Å²) in [4.78, 5) is 6.40. The van der Waals surface area contributed by atoms with Crippen LogP contribution in [0.2, 0.25) is 0 Å². The number of hydrogen-bond acceptors (Lipinski definition) is 4. The van der Waals surface area contributed by atoms with Crippen molar-refractivity contribution < 1.29 is 10.2 Å². The zero-order valence-electron chi connectivity index (χ0n) is 17.2. The molecule has 0 fully saturated rings. The summed E-state index contributed by atoms with van der Waals surface area (Å²) in [5, 5.41) is 26.1. The highest BCUT2D eigenvalue weighted by Gasteiger charge is 2.20. The Morgan fingerprint density at radius 1 is 0.742 bits per heavy atom. The lowest BCUT2D eigenvalue weighted by Gasteiger charge is -2.21. The summed E-state index contributed by atoms with van der Waals surface area (Å²) in [6.45, 7) is 0.478. The van der Waals surface area contributed by atoms with E-state index in [2.05, 4.69) is 4.98 Å². The molecule has 4 nitrogen and oxygen atoms in total. The molecule has 0 aliphatic rings. The van der Waals surface area contributed by atoms with Gasteiger partial charge in [-0.25, -0.2) is 4.98 Å². The van der Waals surface area contributed by atoms with Crippen LogP contribution in [0, 0.1) is 0 Å². The average Bonchev–Trinajstić information content (AvgIpc) is 2.81. The van der Waals surface area contributed by atoms with Gasteiger partial charge >= 0.3 is 0 Å². The second-order valence-electron chi connectivity index (χ2n) is 7.71. The van der Waals surface area contributed by atoms with Crippen molar-refractivity contribution in [2.75, 3.05) is 11.9 Å². The van der Waals surface area contributed by atoms with E-state index in [0.717, 1.165) is 32.9 Å². The number of fused-ring (bicyclic) bond motifs is 2. The van der Waals surface area contributed by atoms with Gasteiger partial charge in [-0.1, -0.05) is 60.7 Å². The van der Waals surface area contributed by atoms with Crippen LogP contribution in [0.4, 0.5) is 5.82 Å².